The number of carbonyl (C=O) groups excluding carboxylic acids is 2. The molecule has 2 aromatic rings. The molecular weight excluding hydrogens is 344 g/mol. The van der Waals surface area contributed by atoms with E-state index in [4.69, 9.17) is 0 Å². The number of aryl methyl sites for hydroxylation is 1. The number of rotatable bonds is 3. The van der Waals surface area contributed by atoms with Gasteiger partial charge in [-0.3, -0.25) is 9.59 Å². The van der Waals surface area contributed by atoms with Gasteiger partial charge in [-0.2, -0.15) is 0 Å². The zero-order valence-corrected chi connectivity index (χ0v) is 16.1. The van der Waals surface area contributed by atoms with Gasteiger partial charge in [0.15, 0.2) is 0 Å². The fourth-order valence-electron chi connectivity index (χ4n) is 4.18. The smallest absolute Gasteiger partial charge is 0.228 e. The minimum Gasteiger partial charge on any atom is -0.335 e. The van der Waals surface area contributed by atoms with Crippen LogP contribution in [-0.4, -0.2) is 29.8 Å². The molecule has 2 fully saturated rings. The summed E-state index contributed by atoms with van der Waals surface area (Å²) in [6, 6.07) is 10.4. The van der Waals surface area contributed by atoms with E-state index >= 15 is 0 Å². The van der Waals surface area contributed by atoms with E-state index in [9.17, 15) is 9.59 Å². The van der Waals surface area contributed by atoms with Crippen molar-refractivity contribution in [3.63, 3.8) is 0 Å². The third-order valence-electron chi connectivity index (χ3n) is 5.75. The maximum absolute atomic E-state index is 13.2. The van der Waals surface area contributed by atoms with Crippen molar-refractivity contribution in [1.82, 2.24) is 4.90 Å². The second kappa shape index (κ2) is 6.88. The van der Waals surface area contributed by atoms with Crippen molar-refractivity contribution in [1.29, 1.82) is 0 Å². The van der Waals surface area contributed by atoms with Gasteiger partial charge in [-0.1, -0.05) is 18.2 Å². The SMILES string of the molecule is Cc1cccc(N2C[C@H](C(=O)N3CCC[C@@H]3c3cccs3)CC2=O)c1C. The van der Waals surface area contributed by atoms with Crippen molar-refractivity contribution in [2.24, 2.45) is 5.92 Å². The highest BCUT2D eigenvalue weighted by molar-refractivity contribution is 7.10. The predicted molar refractivity (Wildman–Crippen MR) is 104 cm³/mol. The predicted octanol–water partition coefficient (Wildman–Crippen LogP) is 4.08. The normalized spacial score (nSPS) is 23.1. The average molecular weight is 369 g/mol. The van der Waals surface area contributed by atoms with Crippen molar-refractivity contribution in [2.75, 3.05) is 18.0 Å². The van der Waals surface area contributed by atoms with Crippen LogP contribution in [-0.2, 0) is 9.59 Å². The molecule has 0 unspecified atom stereocenters. The molecule has 3 heterocycles. The molecule has 1 aromatic carbocycles. The van der Waals surface area contributed by atoms with Gasteiger partial charge < -0.3 is 9.80 Å². The molecule has 0 saturated carbocycles. The van der Waals surface area contributed by atoms with Gasteiger partial charge in [0.25, 0.3) is 0 Å². The van der Waals surface area contributed by atoms with E-state index in [0.717, 1.165) is 30.6 Å². The Kier molecular flexibility index (Phi) is 4.57. The van der Waals surface area contributed by atoms with E-state index < -0.39 is 0 Å². The van der Waals surface area contributed by atoms with Gasteiger partial charge in [0.2, 0.25) is 11.8 Å². The molecule has 0 radical (unpaired) electrons. The third-order valence-corrected chi connectivity index (χ3v) is 6.72. The lowest BCUT2D eigenvalue weighted by molar-refractivity contribution is -0.136. The first-order valence-electron chi connectivity index (χ1n) is 9.26. The average Bonchev–Trinajstić information content (AvgIpc) is 3.36. The summed E-state index contributed by atoms with van der Waals surface area (Å²) in [4.78, 5) is 30.9. The Morgan fingerprint density at radius 2 is 2.04 bits per heavy atom. The number of anilines is 1. The summed E-state index contributed by atoms with van der Waals surface area (Å²) >= 11 is 1.71. The number of thiophene rings is 1. The van der Waals surface area contributed by atoms with Crippen LogP contribution in [0.4, 0.5) is 5.69 Å². The van der Waals surface area contributed by atoms with Gasteiger partial charge in [0.05, 0.1) is 12.0 Å². The van der Waals surface area contributed by atoms with Crippen LogP contribution in [0.1, 0.15) is 41.3 Å². The van der Waals surface area contributed by atoms with Crippen molar-refractivity contribution < 1.29 is 9.59 Å². The number of amides is 2. The number of benzene rings is 1. The Labute approximate surface area is 158 Å². The van der Waals surface area contributed by atoms with Gasteiger partial charge in [0.1, 0.15) is 0 Å². The molecule has 2 aliphatic rings. The summed E-state index contributed by atoms with van der Waals surface area (Å²) < 4.78 is 0. The van der Waals surface area contributed by atoms with Crippen LogP contribution in [0.2, 0.25) is 0 Å². The Morgan fingerprint density at radius 1 is 1.19 bits per heavy atom. The molecule has 136 valence electrons. The maximum Gasteiger partial charge on any atom is 0.228 e. The van der Waals surface area contributed by atoms with Crippen molar-refractivity contribution in [3.05, 3.63) is 51.7 Å². The van der Waals surface area contributed by atoms with Gasteiger partial charge in [-0.05, 0) is 55.3 Å². The zero-order valence-electron chi connectivity index (χ0n) is 15.3. The van der Waals surface area contributed by atoms with Gasteiger partial charge in [-0.15, -0.1) is 11.3 Å². The first kappa shape index (κ1) is 17.3. The molecule has 2 amide bonds. The molecule has 4 rings (SSSR count). The van der Waals surface area contributed by atoms with Crippen LogP contribution >= 0.6 is 11.3 Å². The van der Waals surface area contributed by atoms with Crippen LogP contribution < -0.4 is 4.90 Å². The summed E-state index contributed by atoms with van der Waals surface area (Å²) in [7, 11) is 0. The fraction of sp³-hybridized carbons (Fsp3) is 0.429. The molecular formula is C21H24N2O2S. The van der Waals surface area contributed by atoms with Crippen LogP contribution in [0, 0.1) is 19.8 Å². The molecule has 26 heavy (non-hydrogen) atoms. The molecule has 0 aliphatic carbocycles. The number of hydrogen-bond acceptors (Lipinski definition) is 3. The van der Waals surface area contributed by atoms with Crippen LogP contribution in [0.15, 0.2) is 35.7 Å². The summed E-state index contributed by atoms with van der Waals surface area (Å²) in [6.45, 7) is 5.39. The van der Waals surface area contributed by atoms with Gasteiger partial charge >= 0.3 is 0 Å². The number of likely N-dealkylation sites (tertiary alicyclic amines) is 1. The second-order valence-electron chi connectivity index (χ2n) is 7.33. The maximum atomic E-state index is 13.2. The molecule has 1 aromatic heterocycles. The number of hydrogen-bond donors (Lipinski definition) is 0. The van der Waals surface area contributed by atoms with E-state index in [1.165, 1.54) is 10.4 Å². The largest absolute Gasteiger partial charge is 0.335 e. The molecule has 5 heteroatoms. The van der Waals surface area contributed by atoms with Gasteiger partial charge in [0, 0.05) is 30.1 Å². The van der Waals surface area contributed by atoms with Crippen LogP contribution in [0.3, 0.4) is 0 Å². The van der Waals surface area contributed by atoms with Crippen molar-refractivity contribution in [2.45, 2.75) is 39.2 Å². The topological polar surface area (TPSA) is 40.6 Å². The molecule has 0 spiro atoms. The number of carbonyl (C=O) groups is 2. The molecule has 2 aliphatic heterocycles. The van der Waals surface area contributed by atoms with Crippen LogP contribution in [0.5, 0.6) is 0 Å². The number of nitrogens with zero attached hydrogens (tertiary/aromatic N) is 2. The molecule has 2 atom stereocenters. The summed E-state index contributed by atoms with van der Waals surface area (Å²) in [6.07, 6.45) is 2.38. The standard InChI is InChI=1S/C21H24N2O2S/c1-14-6-3-7-17(15(14)2)23-13-16(12-20(23)24)21(25)22-10-4-8-18(22)19-9-5-11-26-19/h3,5-7,9,11,16,18H,4,8,10,12-13H2,1-2H3/t16-,18-/m1/s1. The summed E-state index contributed by atoms with van der Waals surface area (Å²) in [5.41, 5.74) is 3.23. The Hall–Kier alpha value is -2.14. The summed E-state index contributed by atoms with van der Waals surface area (Å²) in [5.74, 6) is -0.0334. The highest BCUT2D eigenvalue weighted by atomic mass is 32.1. The fourth-order valence-corrected chi connectivity index (χ4v) is 5.05. The zero-order chi connectivity index (χ0) is 18.3. The lowest BCUT2D eigenvalue weighted by Crippen LogP contribution is -2.37. The minimum atomic E-state index is -0.233. The quantitative estimate of drug-likeness (QED) is 0.819. The van der Waals surface area contributed by atoms with Gasteiger partial charge in [-0.25, -0.2) is 0 Å². The highest BCUT2D eigenvalue weighted by Gasteiger charge is 2.41. The van der Waals surface area contributed by atoms with E-state index in [1.807, 2.05) is 30.0 Å². The van der Waals surface area contributed by atoms with E-state index in [0.29, 0.717) is 13.0 Å². The molecule has 0 bridgehead atoms. The molecule has 0 N–H and O–H groups in total. The lowest BCUT2D eigenvalue weighted by atomic mass is 10.1. The molecule has 2 saturated heterocycles. The van der Waals surface area contributed by atoms with E-state index in [2.05, 4.69) is 24.4 Å². The Bertz CT molecular complexity index is 831. The Morgan fingerprint density at radius 3 is 2.81 bits per heavy atom. The third kappa shape index (κ3) is 2.94. The first-order valence-corrected chi connectivity index (χ1v) is 10.1. The Balaban J connectivity index is 1.53. The van der Waals surface area contributed by atoms with E-state index in [-0.39, 0.29) is 23.8 Å². The lowest BCUT2D eigenvalue weighted by Gasteiger charge is -2.27. The minimum absolute atomic E-state index is 0.0592. The van der Waals surface area contributed by atoms with Crippen molar-refractivity contribution in [3.8, 4) is 0 Å². The first-order chi connectivity index (χ1) is 12.6. The second-order valence-corrected chi connectivity index (χ2v) is 8.31. The van der Waals surface area contributed by atoms with Crippen molar-refractivity contribution >= 4 is 28.8 Å². The molecule has 4 nitrogen and oxygen atoms in total. The monoisotopic (exact) mass is 368 g/mol. The van der Waals surface area contributed by atoms with E-state index in [1.54, 1.807) is 16.2 Å². The van der Waals surface area contributed by atoms with Crippen LogP contribution in [0.25, 0.3) is 0 Å². The summed E-state index contributed by atoms with van der Waals surface area (Å²) in [5, 5.41) is 2.07. The highest BCUT2D eigenvalue weighted by Crippen LogP contribution is 2.37.